The van der Waals surface area contributed by atoms with E-state index in [-0.39, 0.29) is 13.2 Å². The van der Waals surface area contributed by atoms with E-state index in [9.17, 15) is 4.79 Å². The van der Waals surface area contributed by atoms with Gasteiger partial charge < -0.3 is 19.9 Å². The number of rotatable bonds is 18. The number of esters is 1. The molecule has 5 heteroatoms. The van der Waals surface area contributed by atoms with Gasteiger partial charge in [-0.1, -0.05) is 64.7 Å². The Bertz CT molecular complexity index is 249. The second kappa shape index (κ2) is 19.4. The highest BCUT2D eigenvalue weighted by Gasteiger charge is 1.97. The van der Waals surface area contributed by atoms with Crippen LogP contribution in [-0.4, -0.2) is 45.5 Å². The fourth-order valence-corrected chi connectivity index (χ4v) is 2.29. The maximum Gasteiger partial charge on any atom is 0.319 e. The summed E-state index contributed by atoms with van der Waals surface area (Å²) in [6.07, 6.45) is 13.4. The molecule has 0 aromatic heterocycles. The van der Waals surface area contributed by atoms with Crippen LogP contribution in [0.4, 0.5) is 0 Å². The molecule has 0 heterocycles. The first-order valence-electron chi connectivity index (χ1n) is 9.32. The first kappa shape index (κ1) is 22.4. The van der Waals surface area contributed by atoms with E-state index in [4.69, 9.17) is 19.9 Å². The predicted molar refractivity (Wildman–Crippen MR) is 93.5 cm³/mol. The Morgan fingerprint density at radius 2 is 1.17 bits per heavy atom. The van der Waals surface area contributed by atoms with Crippen LogP contribution >= 0.6 is 0 Å². The summed E-state index contributed by atoms with van der Waals surface area (Å²) in [5, 5.41) is 0. The molecular formula is C18H37NO4. The smallest absolute Gasteiger partial charge is 0.319 e. The Morgan fingerprint density at radius 3 is 1.74 bits per heavy atom. The van der Waals surface area contributed by atoms with Gasteiger partial charge in [0.1, 0.15) is 6.61 Å². The van der Waals surface area contributed by atoms with Gasteiger partial charge in [-0.05, 0) is 6.42 Å². The number of hydrogen-bond acceptors (Lipinski definition) is 5. The summed E-state index contributed by atoms with van der Waals surface area (Å²) in [7, 11) is 0. The first-order valence-corrected chi connectivity index (χ1v) is 9.32. The standard InChI is InChI=1S/C18H37NO4/c1-2-3-4-5-6-7-8-9-10-11-12-21-13-14-22-15-16-23-18(20)17-19/h2-17,19H2,1H3. The average molecular weight is 331 g/mol. The van der Waals surface area contributed by atoms with Crippen molar-refractivity contribution >= 4 is 5.97 Å². The summed E-state index contributed by atoms with van der Waals surface area (Å²) in [6, 6.07) is 0. The lowest BCUT2D eigenvalue weighted by Gasteiger charge is -2.06. The van der Waals surface area contributed by atoms with Gasteiger partial charge in [0.05, 0.1) is 26.4 Å². The Hall–Kier alpha value is -0.650. The third-order valence-electron chi connectivity index (χ3n) is 3.67. The molecule has 2 N–H and O–H groups in total. The summed E-state index contributed by atoms with van der Waals surface area (Å²) in [6.45, 7) is 4.78. The summed E-state index contributed by atoms with van der Waals surface area (Å²) < 4.78 is 15.6. The summed E-state index contributed by atoms with van der Waals surface area (Å²) in [5.74, 6) is -0.397. The van der Waals surface area contributed by atoms with Crippen LogP contribution in [0.25, 0.3) is 0 Å². The van der Waals surface area contributed by atoms with Gasteiger partial charge in [-0.15, -0.1) is 0 Å². The fourth-order valence-electron chi connectivity index (χ4n) is 2.29. The number of nitrogens with two attached hydrogens (primary N) is 1. The quantitative estimate of drug-likeness (QED) is 0.308. The number of carbonyl (C=O) groups excluding carboxylic acids is 1. The minimum atomic E-state index is -0.397. The number of carbonyl (C=O) groups is 1. The first-order chi connectivity index (χ1) is 11.3. The minimum absolute atomic E-state index is 0.0814. The lowest BCUT2D eigenvalue weighted by molar-refractivity contribution is -0.143. The zero-order chi connectivity index (χ0) is 17.0. The molecule has 0 unspecified atom stereocenters. The SMILES string of the molecule is CCCCCCCCCCCCOCCOCCOC(=O)CN. The van der Waals surface area contributed by atoms with Gasteiger partial charge >= 0.3 is 5.97 Å². The summed E-state index contributed by atoms with van der Waals surface area (Å²) in [5.41, 5.74) is 5.11. The molecule has 5 nitrogen and oxygen atoms in total. The van der Waals surface area contributed by atoms with E-state index in [0.717, 1.165) is 13.0 Å². The van der Waals surface area contributed by atoms with Gasteiger partial charge in [-0.25, -0.2) is 0 Å². The van der Waals surface area contributed by atoms with Crippen molar-refractivity contribution in [2.75, 3.05) is 39.6 Å². The van der Waals surface area contributed by atoms with Crippen LogP contribution in [-0.2, 0) is 19.0 Å². The molecule has 0 spiro atoms. The molecule has 0 rings (SSSR count). The maximum atomic E-state index is 10.7. The van der Waals surface area contributed by atoms with E-state index in [0.29, 0.717) is 19.8 Å². The van der Waals surface area contributed by atoms with Crippen molar-refractivity contribution in [2.24, 2.45) is 5.73 Å². The molecule has 0 aliphatic carbocycles. The van der Waals surface area contributed by atoms with Crippen molar-refractivity contribution in [1.82, 2.24) is 0 Å². The van der Waals surface area contributed by atoms with Gasteiger partial charge in [0, 0.05) is 6.61 Å². The molecule has 0 bridgehead atoms. The highest BCUT2D eigenvalue weighted by Crippen LogP contribution is 2.10. The number of ether oxygens (including phenoxy) is 3. The Morgan fingerprint density at radius 1 is 0.696 bits per heavy atom. The average Bonchev–Trinajstić information content (AvgIpc) is 2.57. The van der Waals surface area contributed by atoms with E-state index in [1.54, 1.807) is 0 Å². The van der Waals surface area contributed by atoms with Gasteiger partial charge in [0.15, 0.2) is 0 Å². The van der Waals surface area contributed by atoms with Gasteiger partial charge in [-0.3, -0.25) is 4.79 Å². The molecule has 0 saturated carbocycles. The molecular weight excluding hydrogens is 294 g/mol. The molecule has 0 fully saturated rings. The lowest BCUT2D eigenvalue weighted by Crippen LogP contribution is -2.19. The zero-order valence-electron chi connectivity index (χ0n) is 15.0. The Balaban J connectivity index is 2.99. The van der Waals surface area contributed by atoms with Crippen molar-refractivity contribution in [3.8, 4) is 0 Å². The topological polar surface area (TPSA) is 70.8 Å². The molecule has 138 valence electrons. The third kappa shape index (κ3) is 19.3. The van der Waals surface area contributed by atoms with Crippen LogP contribution in [0.1, 0.15) is 71.1 Å². The molecule has 0 aromatic rings. The van der Waals surface area contributed by atoms with E-state index >= 15 is 0 Å². The molecule has 0 amide bonds. The summed E-state index contributed by atoms with van der Waals surface area (Å²) >= 11 is 0. The molecule has 0 radical (unpaired) electrons. The number of unbranched alkanes of at least 4 members (excludes halogenated alkanes) is 9. The third-order valence-corrected chi connectivity index (χ3v) is 3.67. The van der Waals surface area contributed by atoms with Crippen molar-refractivity contribution < 1.29 is 19.0 Å². The number of hydrogen-bond donors (Lipinski definition) is 1. The van der Waals surface area contributed by atoms with E-state index in [1.807, 2.05) is 0 Å². The second-order valence-corrected chi connectivity index (χ2v) is 5.83. The van der Waals surface area contributed by atoms with E-state index in [1.165, 1.54) is 57.8 Å². The van der Waals surface area contributed by atoms with Crippen LogP contribution in [0.2, 0.25) is 0 Å². The van der Waals surface area contributed by atoms with E-state index in [2.05, 4.69) is 6.92 Å². The largest absolute Gasteiger partial charge is 0.462 e. The van der Waals surface area contributed by atoms with Crippen LogP contribution in [0.3, 0.4) is 0 Å². The highest BCUT2D eigenvalue weighted by atomic mass is 16.6. The predicted octanol–water partition coefficient (Wildman–Crippen LogP) is 3.44. The Kier molecular flexibility index (Phi) is 18.8. The van der Waals surface area contributed by atoms with Crippen molar-refractivity contribution in [1.29, 1.82) is 0 Å². The molecule has 0 aliphatic heterocycles. The van der Waals surface area contributed by atoms with Gasteiger partial charge in [-0.2, -0.15) is 0 Å². The normalized spacial score (nSPS) is 10.9. The summed E-state index contributed by atoms with van der Waals surface area (Å²) in [4.78, 5) is 10.7. The van der Waals surface area contributed by atoms with Gasteiger partial charge in [0.25, 0.3) is 0 Å². The molecule has 0 aromatic carbocycles. The maximum absolute atomic E-state index is 10.7. The van der Waals surface area contributed by atoms with Crippen LogP contribution in [0.15, 0.2) is 0 Å². The van der Waals surface area contributed by atoms with E-state index < -0.39 is 5.97 Å². The van der Waals surface area contributed by atoms with Crippen molar-refractivity contribution in [2.45, 2.75) is 71.1 Å². The lowest BCUT2D eigenvalue weighted by atomic mass is 10.1. The Labute approximate surface area is 142 Å². The van der Waals surface area contributed by atoms with Crippen molar-refractivity contribution in [3.63, 3.8) is 0 Å². The highest BCUT2D eigenvalue weighted by molar-refractivity contribution is 5.71. The molecule has 0 aliphatic rings. The monoisotopic (exact) mass is 331 g/mol. The van der Waals surface area contributed by atoms with Gasteiger partial charge in [0.2, 0.25) is 0 Å². The molecule has 23 heavy (non-hydrogen) atoms. The van der Waals surface area contributed by atoms with Crippen LogP contribution < -0.4 is 5.73 Å². The molecule has 0 saturated heterocycles. The fraction of sp³-hybridized carbons (Fsp3) is 0.944. The van der Waals surface area contributed by atoms with Crippen LogP contribution in [0.5, 0.6) is 0 Å². The van der Waals surface area contributed by atoms with Crippen LogP contribution in [0, 0.1) is 0 Å². The minimum Gasteiger partial charge on any atom is -0.462 e. The zero-order valence-corrected chi connectivity index (χ0v) is 15.0. The molecule has 0 atom stereocenters. The van der Waals surface area contributed by atoms with Crippen molar-refractivity contribution in [3.05, 3.63) is 0 Å². The second-order valence-electron chi connectivity index (χ2n) is 5.83.